The first-order valence-electron chi connectivity index (χ1n) is 6.08. The van der Waals surface area contributed by atoms with E-state index in [0.29, 0.717) is 6.54 Å². The van der Waals surface area contributed by atoms with E-state index in [1.807, 2.05) is 17.8 Å². The molecule has 0 saturated heterocycles. The minimum Gasteiger partial charge on any atom is -0.320 e. The van der Waals surface area contributed by atoms with Gasteiger partial charge in [0.2, 0.25) is 0 Å². The highest BCUT2D eigenvalue weighted by Crippen LogP contribution is 2.18. The molecule has 0 saturated carbocycles. The second-order valence-electron chi connectivity index (χ2n) is 4.40. The van der Waals surface area contributed by atoms with Crippen LogP contribution >= 0.6 is 11.8 Å². The lowest BCUT2D eigenvalue weighted by molar-refractivity contribution is 0.632. The molecule has 0 aliphatic carbocycles. The van der Waals surface area contributed by atoms with E-state index in [4.69, 9.17) is 5.73 Å². The lowest BCUT2D eigenvalue weighted by Crippen LogP contribution is -1.95. The Kier molecular flexibility index (Phi) is 6.84. The smallest absolute Gasteiger partial charge is 0.0555 e. The number of hydrogen-bond donors (Lipinski definition) is 1. The van der Waals surface area contributed by atoms with Gasteiger partial charge in [-0.05, 0) is 29.7 Å². The van der Waals surface area contributed by atoms with Crippen LogP contribution in [0.25, 0.3) is 0 Å². The summed E-state index contributed by atoms with van der Waals surface area (Å²) in [7, 11) is 0. The zero-order chi connectivity index (χ0) is 12.5. The third kappa shape index (κ3) is 5.81. The molecule has 1 rings (SSSR count). The van der Waals surface area contributed by atoms with Crippen LogP contribution in [0.5, 0.6) is 0 Å². The topological polar surface area (TPSA) is 26.0 Å². The number of nitrogens with two attached hydrogens (primary N) is 1. The van der Waals surface area contributed by atoms with E-state index in [0.717, 1.165) is 17.2 Å². The Hall–Kier alpha value is -0.910. The summed E-state index contributed by atoms with van der Waals surface area (Å²) in [5.41, 5.74) is 7.84. The third-order valence-electron chi connectivity index (χ3n) is 2.44. The predicted octanol–water partition coefficient (Wildman–Crippen LogP) is 3.28. The molecule has 1 aromatic carbocycles. The number of thioether (sulfide) groups is 1. The highest BCUT2D eigenvalue weighted by atomic mass is 32.2. The molecule has 0 heterocycles. The molecule has 0 unspecified atom stereocenters. The van der Waals surface area contributed by atoms with Crippen LogP contribution in [-0.2, 0) is 5.75 Å². The summed E-state index contributed by atoms with van der Waals surface area (Å²) < 4.78 is 0. The van der Waals surface area contributed by atoms with Crippen molar-refractivity contribution in [3.05, 3.63) is 35.4 Å². The van der Waals surface area contributed by atoms with Crippen molar-refractivity contribution in [3.63, 3.8) is 0 Å². The van der Waals surface area contributed by atoms with E-state index < -0.39 is 0 Å². The van der Waals surface area contributed by atoms with Gasteiger partial charge in [0.05, 0.1) is 6.54 Å². The maximum atomic E-state index is 5.40. The van der Waals surface area contributed by atoms with Gasteiger partial charge in [-0.2, -0.15) is 11.8 Å². The summed E-state index contributed by atoms with van der Waals surface area (Å²) in [6, 6.07) is 8.33. The van der Waals surface area contributed by atoms with Crippen LogP contribution in [0.3, 0.4) is 0 Å². The van der Waals surface area contributed by atoms with Gasteiger partial charge in [0.25, 0.3) is 0 Å². The first-order chi connectivity index (χ1) is 8.24. The molecule has 0 spiro atoms. The molecule has 2 N–H and O–H groups in total. The van der Waals surface area contributed by atoms with Crippen LogP contribution in [0, 0.1) is 17.8 Å². The Morgan fingerprint density at radius 2 is 2.06 bits per heavy atom. The van der Waals surface area contributed by atoms with Crippen LogP contribution in [0.4, 0.5) is 0 Å². The Labute approximate surface area is 109 Å². The largest absolute Gasteiger partial charge is 0.320 e. The van der Waals surface area contributed by atoms with Crippen molar-refractivity contribution in [3.8, 4) is 11.8 Å². The van der Waals surface area contributed by atoms with Crippen molar-refractivity contribution in [2.45, 2.75) is 26.0 Å². The molecule has 17 heavy (non-hydrogen) atoms. The fourth-order valence-electron chi connectivity index (χ4n) is 1.42. The van der Waals surface area contributed by atoms with Crippen LogP contribution in [0.1, 0.15) is 31.4 Å². The maximum Gasteiger partial charge on any atom is 0.0555 e. The molecule has 0 fully saturated rings. The van der Waals surface area contributed by atoms with Crippen molar-refractivity contribution in [1.29, 1.82) is 0 Å². The van der Waals surface area contributed by atoms with Crippen LogP contribution in [0.15, 0.2) is 24.3 Å². The van der Waals surface area contributed by atoms with E-state index in [2.05, 4.69) is 43.9 Å². The monoisotopic (exact) mass is 247 g/mol. The van der Waals surface area contributed by atoms with E-state index in [1.54, 1.807) is 0 Å². The summed E-state index contributed by atoms with van der Waals surface area (Å²) in [5.74, 6) is 9.11. The van der Waals surface area contributed by atoms with Gasteiger partial charge in [-0.15, -0.1) is 0 Å². The highest BCUT2D eigenvalue weighted by molar-refractivity contribution is 7.98. The van der Waals surface area contributed by atoms with E-state index in [-0.39, 0.29) is 0 Å². The van der Waals surface area contributed by atoms with Crippen molar-refractivity contribution >= 4 is 11.8 Å². The lowest BCUT2D eigenvalue weighted by Gasteiger charge is -2.06. The molecule has 0 amide bonds. The SMILES string of the molecule is CC(C)CCSCc1ccccc1C#CCN. The van der Waals surface area contributed by atoms with E-state index in [9.17, 15) is 0 Å². The van der Waals surface area contributed by atoms with Gasteiger partial charge in [-0.3, -0.25) is 0 Å². The number of benzene rings is 1. The zero-order valence-corrected chi connectivity index (χ0v) is 11.5. The van der Waals surface area contributed by atoms with Crippen LogP contribution in [-0.4, -0.2) is 12.3 Å². The van der Waals surface area contributed by atoms with Crippen molar-refractivity contribution in [2.24, 2.45) is 11.7 Å². The van der Waals surface area contributed by atoms with E-state index >= 15 is 0 Å². The van der Waals surface area contributed by atoms with E-state index in [1.165, 1.54) is 17.7 Å². The second-order valence-corrected chi connectivity index (χ2v) is 5.50. The minimum atomic E-state index is 0.425. The van der Waals surface area contributed by atoms with Gasteiger partial charge in [-0.25, -0.2) is 0 Å². The molecule has 0 bridgehead atoms. The minimum absolute atomic E-state index is 0.425. The average Bonchev–Trinajstić information content (AvgIpc) is 2.33. The molecule has 0 aromatic heterocycles. The summed E-state index contributed by atoms with van der Waals surface area (Å²) in [4.78, 5) is 0. The molecule has 1 nitrogen and oxygen atoms in total. The molecule has 1 aromatic rings. The first kappa shape index (κ1) is 14.2. The van der Waals surface area contributed by atoms with Gasteiger partial charge in [0.15, 0.2) is 0 Å². The van der Waals surface area contributed by atoms with Gasteiger partial charge in [0.1, 0.15) is 0 Å². The molecular formula is C15H21NS. The Bertz CT molecular complexity index is 387. The highest BCUT2D eigenvalue weighted by Gasteiger charge is 2.00. The Balaban J connectivity index is 2.52. The average molecular weight is 247 g/mol. The quantitative estimate of drug-likeness (QED) is 0.638. The second kappa shape index (κ2) is 8.22. The molecule has 2 heteroatoms. The standard InChI is InChI=1S/C15H21NS/c1-13(2)9-11-17-12-15-7-4-3-6-14(15)8-5-10-16/h3-4,6-7,13H,9-12,16H2,1-2H3. The van der Waals surface area contributed by atoms with Crippen molar-refractivity contribution in [2.75, 3.05) is 12.3 Å². The third-order valence-corrected chi connectivity index (χ3v) is 3.48. The molecule has 92 valence electrons. The Morgan fingerprint density at radius 3 is 2.76 bits per heavy atom. The summed E-state index contributed by atoms with van der Waals surface area (Å²) in [6.07, 6.45) is 1.28. The fourth-order valence-corrected chi connectivity index (χ4v) is 2.67. The summed E-state index contributed by atoms with van der Waals surface area (Å²) in [5, 5.41) is 0. The molecule has 0 aliphatic heterocycles. The predicted molar refractivity (Wildman–Crippen MR) is 78.0 cm³/mol. The van der Waals surface area contributed by atoms with Crippen molar-refractivity contribution < 1.29 is 0 Å². The first-order valence-corrected chi connectivity index (χ1v) is 7.24. The van der Waals surface area contributed by atoms with Crippen LogP contribution < -0.4 is 5.73 Å². The number of hydrogen-bond acceptors (Lipinski definition) is 2. The molecule has 0 radical (unpaired) electrons. The summed E-state index contributed by atoms with van der Waals surface area (Å²) >= 11 is 1.98. The normalized spacial score (nSPS) is 10.1. The van der Waals surface area contributed by atoms with Crippen molar-refractivity contribution in [1.82, 2.24) is 0 Å². The van der Waals surface area contributed by atoms with Gasteiger partial charge >= 0.3 is 0 Å². The maximum absolute atomic E-state index is 5.40. The zero-order valence-electron chi connectivity index (χ0n) is 10.7. The van der Waals surface area contributed by atoms with Crippen LogP contribution in [0.2, 0.25) is 0 Å². The fraction of sp³-hybridized carbons (Fsp3) is 0.467. The molecular weight excluding hydrogens is 226 g/mol. The summed E-state index contributed by atoms with van der Waals surface area (Å²) in [6.45, 7) is 4.96. The van der Waals surface area contributed by atoms with Gasteiger partial charge < -0.3 is 5.73 Å². The van der Waals surface area contributed by atoms with Gasteiger partial charge in [0, 0.05) is 11.3 Å². The number of rotatable bonds is 5. The molecule has 0 atom stereocenters. The lowest BCUT2D eigenvalue weighted by atomic mass is 10.1. The molecule has 0 aliphatic rings. The Morgan fingerprint density at radius 1 is 1.29 bits per heavy atom. The van der Waals surface area contributed by atoms with Gasteiger partial charge in [-0.1, -0.05) is 43.9 Å².